The summed E-state index contributed by atoms with van der Waals surface area (Å²) in [6.07, 6.45) is 4.57. The maximum Gasteiger partial charge on any atom is 0.230 e. The fourth-order valence-corrected chi connectivity index (χ4v) is 2.40. The Bertz CT molecular complexity index is 350. The van der Waals surface area contributed by atoms with E-state index in [9.17, 15) is 4.79 Å². The molecule has 88 valence electrons. The van der Waals surface area contributed by atoms with Crippen LogP contribution in [0.2, 0.25) is 0 Å². The summed E-state index contributed by atoms with van der Waals surface area (Å²) in [6.45, 7) is 7.73. The number of ether oxygens (including phenoxy) is 2. The third kappa shape index (κ3) is 1.75. The van der Waals surface area contributed by atoms with Crippen LogP contribution in [0.15, 0.2) is 24.2 Å². The molecule has 0 N–H and O–H groups in total. The lowest BCUT2D eigenvalue weighted by Crippen LogP contribution is -2.22. The van der Waals surface area contributed by atoms with E-state index in [0.717, 1.165) is 30.8 Å². The van der Waals surface area contributed by atoms with Crippen LogP contribution in [-0.2, 0) is 14.3 Å². The number of carbonyl (C=O) groups is 1. The molecule has 1 unspecified atom stereocenters. The molecule has 16 heavy (non-hydrogen) atoms. The number of hydrogen-bond donors (Lipinski definition) is 0. The predicted molar refractivity (Wildman–Crippen MR) is 60.4 cm³/mol. The van der Waals surface area contributed by atoms with Gasteiger partial charge in [0.2, 0.25) is 6.79 Å². The second kappa shape index (κ2) is 3.96. The van der Waals surface area contributed by atoms with Crippen molar-refractivity contribution in [3.8, 4) is 0 Å². The Morgan fingerprint density at radius 1 is 1.56 bits per heavy atom. The fraction of sp³-hybridized carbons (Fsp3) is 0.615. The molecule has 1 heterocycles. The number of Topliss-reactive ketones (excluding diaryl/α,β-unsaturated/α-hetero) is 1. The molecule has 3 heteroatoms. The maximum atomic E-state index is 11.6. The van der Waals surface area contributed by atoms with Crippen molar-refractivity contribution in [2.24, 2.45) is 11.3 Å². The van der Waals surface area contributed by atoms with Crippen molar-refractivity contribution in [2.75, 3.05) is 6.79 Å². The monoisotopic (exact) mass is 222 g/mol. The van der Waals surface area contributed by atoms with Crippen LogP contribution in [0.1, 0.15) is 33.1 Å². The van der Waals surface area contributed by atoms with E-state index in [4.69, 9.17) is 9.47 Å². The van der Waals surface area contributed by atoms with Crippen LogP contribution in [0.4, 0.5) is 0 Å². The first-order valence-electron chi connectivity index (χ1n) is 5.69. The van der Waals surface area contributed by atoms with E-state index in [1.54, 1.807) is 6.92 Å². The normalized spacial score (nSPS) is 23.4. The lowest BCUT2D eigenvalue weighted by Gasteiger charge is -2.21. The molecule has 0 aromatic heterocycles. The van der Waals surface area contributed by atoms with E-state index in [-0.39, 0.29) is 17.1 Å². The summed E-state index contributed by atoms with van der Waals surface area (Å²) < 4.78 is 10.6. The molecule has 2 aliphatic rings. The van der Waals surface area contributed by atoms with Crippen molar-refractivity contribution in [3.05, 3.63) is 24.2 Å². The zero-order chi connectivity index (χ0) is 11.8. The highest BCUT2D eigenvalue weighted by atomic mass is 16.7. The SMILES string of the molecule is C=CC(CC1=C(C)OCO1)C1(C(C)=O)CC1. The van der Waals surface area contributed by atoms with Gasteiger partial charge in [0.1, 0.15) is 17.3 Å². The van der Waals surface area contributed by atoms with Crippen molar-refractivity contribution in [1.82, 2.24) is 0 Å². The van der Waals surface area contributed by atoms with Gasteiger partial charge >= 0.3 is 0 Å². The molecule has 0 aromatic carbocycles. The second-order valence-corrected chi connectivity index (χ2v) is 4.64. The van der Waals surface area contributed by atoms with Gasteiger partial charge in [0.05, 0.1) is 0 Å². The highest BCUT2D eigenvalue weighted by molar-refractivity contribution is 5.85. The van der Waals surface area contributed by atoms with Crippen LogP contribution in [0.25, 0.3) is 0 Å². The maximum absolute atomic E-state index is 11.6. The van der Waals surface area contributed by atoms with E-state index in [1.165, 1.54) is 0 Å². The van der Waals surface area contributed by atoms with Gasteiger partial charge in [-0.1, -0.05) is 6.08 Å². The first kappa shape index (κ1) is 11.2. The highest BCUT2D eigenvalue weighted by Crippen LogP contribution is 2.55. The van der Waals surface area contributed by atoms with Crippen LogP contribution < -0.4 is 0 Å². The minimum Gasteiger partial charge on any atom is -0.459 e. The molecular formula is C13H18O3. The Morgan fingerprint density at radius 2 is 2.25 bits per heavy atom. The molecule has 1 fully saturated rings. The Labute approximate surface area is 96.1 Å². The lowest BCUT2D eigenvalue weighted by atomic mass is 9.83. The number of allylic oxidation sites excluding steroid dienone is 3. The Morgan fingerprint density at radius 3 is 2.62 bits per heavy atom. The molecule has 0 amide bonds. The Balaban J connectivity index is 2.10. The van der Waals surface area contributed by atoms with Gasteiger partial charge in [0.25, 0.3) is 0 Å². The van der Waals surface area contributed by atoms with Crippen molar-refractivity contribution in [1.29, 1.82) is 0 Å². The zero-order valence-electron chi connectivity index (χ0n) is 9.91. The number of ketones is 1. The van der Waals surface area contributed by atoms with Crippen molar-refractivity contribution in [2.45, 2.75) is 33.1 Å². The molecule has 1 saturated carbocycles. The van der Waals surface area contributed by atoms with Gasteiger partial charge in [-0.15, -0.1) is 6.58 Å². The summed E-state index contributed by atoms with van der Waals surface area (Å²) in [4.78, 5) is 11.6. The number of carbonyl (C=O) groups excluding carboxylic acids is 1. The predicted octanol–water partition coefficient (Wildman–Crippen LogP) is 2.78. The molecule has 0 spiro atoms. The highest BCUT2D eigenvalue weighted by Gasteiger charge is 2.52. The summed E-state index contributed by atoms with van der Waals surface area (Å²) in [6, 6.07) is 0. The number of rotatable bonds is 5. The first-order valence-corrected chi connectivity index (χ1v) is 5.69. The second-order valence-electron chi connectivity index (χ2n) is 4.64. The van der Waals surface area contributed by atoms with Gasteiger partial charge in [0.15, 0.2) is 0 Å². The summed E-state index contributed by atoms with van der Waals surface area (Å²) >= 11 is 0. The van der Waals surface area contributed by atoms with Crippen LogP contribution in [0.5, 0.6) is 0 Å². The Hall–Kier alpha value is -1.25. The van der Waals surface area contributed by atoms with Crippen LogP contribution in [0.3, 0.4) is 0 Å². The van der Waals surface area contributed by atoms with E-state index < -0.39 is 0 Å². The third-order valence-corrected chi connectivity index (χ3v) is 3.79. The first-order chi connectivity index (χ1) is 7.60. The third-order valence-electron chi connectivity index (χ3n) is 3.79. The quantitative estimate of drug-likeness (QED) is 0.671. The van der Waals surface area contributed by atoms with E-state index >= 15 is 0 Å². The van der Waals surface area contributed by atoms with Crippen LogP contribution in [0, 0.1) is 11.3 Å². The lowest BCUT2D eigenvalue weighted by molar-refractivity contribution is -0.123. The summed E-state index contributed by atoms with van der Waals surface area (Å²) in [5, 5.41) is 0. The topological polar surface area (TPSA) is 35.5 Å². The molecule has 0 radical (unpaired) electrons. The summed E-state index contributed by atoms with van der Waals surface area (Å²) in [5.74, 6) is 2.16. The molecule has 1 aliphatic carbocycles. The average molecular weight is 222 g/mol. The smallest absolute Gasteiger partial charge is 0.230 e. The van der Waals surface area contributed by atoms with Crippen molar-refractivity contribution >= 4 is 5.78 Å². The standard InChI is InChI=1S/C13H18O3/c1-4-11(13(5-6-13)10(3)14)7-12-9(2)15-8-16-12/h4,11H,1,5-8H2,2-3H3. The minimum atomic E-state index is -0.166. The van der Waals surface area contributed by atoms with Gasteiger partial charge in [-0.25, -0.2) is 0 Å². The summed E-state index contributed by atoms with van der Waals surface area (Å²) in [7, 11) is 0. The largest absolute Gasteiger partial charge is 0.459 e. The molecular weight excluding hydrogens is 204 g/mol. The van der Waals surface area contributed by atoms with E-state index in [0.29, 0.717) is 6.79 Å². The van der Waals surface area contributed by atoms with Gasteiger partial charge in [-0.3, -0.25) is 4.79 Å². The molecule has 0 saturated heterocycles. The van der Waals surface area contributed by atoms with Gasteiger partial charge in [-0.2, -0.15) is 0 Å². The van der Waals surface area contributed by atoms with E-state index in [2.05, 4.69) is 6.58 Å². The van der Waals surface area contributed by atoms with Crippen LogP contribution in [-0.4, -0.2) is 12.6 Å². The van der Waals surface area contributed by atoms with Gasteiger partial charge in [-0.05, 0) is 32.6 Å². The van der Waals surface area contributed by atoms with Gasteiger partial charge < -0.3 is 9.47 Å². The minimum absolute atomic E-state index is 0.166. The Kier molecular flexibility index (Phi) is 2.78. The average Bonchev–Trinajstić information content (AvgIpc) is 2.96. The molecule has 0 aromatic rings. The van der Waals surface area contributed by atoms with Crippen molar-refractivity contribution in [3.63, 3.8) is 0 Å². The molecule has 3 nitrogen and oxygen atoms in total. The molecule has 1 atom stereocenters. The molecule has 2 rings (SSSR count). The zero-order valence-corrected chi connectivity index (χ0v) is 9.91. The molecule has 1 aliphatic heterocycles. The van der Waals surface area contributed by atoms with Gasteiger partial charge in [0, 0.05) is 11.8 Å². The van der Waals surface area contributed by atoms with Crippen LogP contribution >= 0.6 is 0 Å². The van der Waals surface area contributed by atoms with Crippen molar-refractivity contribution < 1.29 is 14.3 Å². The number of hydrogen-bond acceptors (Lipinski definition) is 3. The summed E-state index contributed by atoms with van der Waals surface area (Å²) in [5.41, 5.74) is -0.166. The molecule has 0 bridgehead atoms. The van der Waals surface area contributed by atoms with E-state index in [1.807, 2.05) is 13.0 Å². The fourth-order valence-electron chi connectivity index (χ4n) is 2.40.